The average Bonchev–Trinajstić information content (AvgIpc) is 3.76. The number of carbonyl (C=O) groups is 1. The van der Waals surface area contributed by atoms with E-state index in [2.05, 4.69) is 30.6 Å². The van der Waals surface area contributed by atoms with Crippen LogP contribution in [-0.2, 0) is 22.4 Å². The van der Waals surface area contributed by atoms with Gasteiger partial charge in [0.25, 0.3) is 0 Å². The molecule has 3 aliphatic rings. The van der Waals surface area contributed by atoms with Crippen molar-refractivity contribution in [3.8, 4) is 11.3 Å². The van der Waals surface area contributed by atoms with Crippen molar-refractivity contribution in [3.05, 3.63) is 83.0 Å². The molecule has 3 aromatic rings. The predicted molar refractivity (Wildman–Crippen MR) is 171 cm³/mol. The van der Waals surface area contributed by atoms with Crippen LogP contribution in [0.2, 0.25) is 0 Å². The molecule has 0 N–H and O–H groups in total. The van der Waals surface area contributed by atoms with Crippen molar-refractivity contribution in [2.24, 2.45) is 23.2 Å². The molecule has 3 fully saturated rings. The topological polar surface area (TPSA) is 52.1 Å². The summed E-state index contributed by atoms with van der Waals surface area (Å²) in [7, 11) is 1.18. The molecule has 2 aromatic carbocycles. The van der Waals surface area contributed by atoms with E-state index in [1.54, 1.807) is 18.3 Å². The van der Waals surface area contributed by atoms with Crippen LogP contribution in [0, 0.1) is 35.9 Å². The minimum Gasteiger partial charge on any atom is -0.500 e. The molecule has 2 unspecified atom stereocenters. The molecule has 8 heteroatoms. The third-order valence-corrected chi connectivity index (χ3v) is 10.5. The fourth-order valence-corrected chi connectivity index (χ4v) is 7.88. The van der Waals surface area contributed by atoms with Gasteiger partial charge in [0.2, 0.25) is 0 Å². The molecule has 3 saturated carbocycles. The number of nitrogens with zero attached hydrogens (tertiary/aromatic N) is 2. The van der Waals surface area contributed by atoms with Gasteiger partial charge in [-0.25, -0.2) is 9.37 Å². The number of benzene rings is 2. The van der Waals surface area contributed by atoms with Gasteiger partial charge in [0.1, 0.15) is 22.8 Å². The number of Topliss-reactive ketones (excluding diaryl/α,β-unsaturated/α-hetero) is 1. The zero-order chi connectivity index (χ0) is 32.6. The number of fused-ring (bicyclic) bond motifs is 3. The van der Waals surface area contributed by atoms with Gasteiger partial charge in [-0.3, -0.25) is 9.78 Å². The van der Waals surface area contributed by atoms with Crippen LogP contribution in [-0.4, -0.2) is 29.0 Å². The molecule has 3 aliphatic carbocycles. The highest BCUT2D eigenvalue weighted by atomic mass is 19.4. The first-order valence-corrected chi connectivity index (χ1v) is 16.5. The van der Waals surface area contributed by atoms with Crippen LogP contribution >= 0.6 is 0 Å². The second-order valence-corrected chi connectivity index (χ2v) is 13.9. The van der Waals surface area contributed by atoms with Gasteiger partial charge < -0.3 is 4.74 Å². The summed E-state index contributed by atoms with van der Waals surface area (Å²) >= 11 is 0. The number of hydrogen-bond donors (Lipinski definition) is 0. The van der Waals surface area contributed by atoms with Crippen molar-refractivity contribution in [1.29, 1.82) is 0 Å². The minimum absolute atomic E-state index is 0.0574. The van der Waals surface area contributed by atoms with Gasteiger partial charge in [0, 0.05) is 18.4 Å². The molecule has 2 atom stereocenters. The van der Waals surface area contributed by atoms with Crippen molar-refractivity contribution in [3.63, 3.8) is 0 Å². The number of halogens is 4. The highest BCUT2D eigenvalue weighted by molar-refractivity contribution is 5.84. The number of allylic oxidation sites excluding steroid dienone is 3. The monoisotopic (exact) mass is 634 g/mol. The highest BCUT2D eigenvalue weighted by Gasteiger charge is 2.66. The molecule has 6 rings (SSSR count). The maximum Gasteiger partial charge on any atom is 0.401 e. The van der Waals surface area contributed by atoms with Crippen LogP contribution in [0.4, 0.5) is 17.6 Å². The summed E-state index contributed by atoms with van der Waals surface area (Å²) in [5.74, 6) is 1.67. The Morgan fingerprint density at radius 2 is 1.80 bits per heavy atom. The molecule has 244 valence electrons. The fraction of sp³-hybridized carbons (Fsp3) is 0.500. The second-order valence-electron chi connectivity index (χ2n) is 13.9. The Morgan fingerprint density at radius 3 is 2.46 bits per heavy atom. The van der Waals surface area contributed by atoms with E-state index in [9.17, 15) is 18.0 Å². The van der Waals surface area contributed by atoms with Crippen molar-refractivity contribution >= 4 is 16.8 Å². The minimum atomic E-state index is -4.44. The fourth-order valence-electron chi connectivity index (χ4n) is 7.88. The van der Waals surface area contributed by atoms with Crippen LogP contribution in [0.3, 0.4) is 0 Å². The molecule has 1 aromatic heterocycles. The summed E-state index contributed by atoms with van der Waals surface area (Å²) in [6, 6.07) is 8.78. The maximum atomic E-state index is 15.1. The molecule has 2 bridgehead atoms. The summed E-state index contributed by atoms with van der Waals surface area (Å²) in [5.41, 5.74) is 3.52. The van der Waals surface area contributed by atoms with Gasteiger partial charge in [0.15, 0.2) is 0 Å². The number of ketones is 1. The lowest BCUT2D eigenvalue weighted by molar-refractivity contribution is -0.184. The lowest BCUT2D eigenvalue weighted by Gasteiger charge is -2.27. The number of methoxy groups -OCH3 is 1. The first-order chi connectivity index (χ1) is 21.9. The third kappa shape index (κ3) is 6.91. The zero-order valence-corrected chi connectivity index (χ0v) is 26.7. The lowest BCUT2D eigenvalue weighted by atomic mass is 9.78. The third-order valence-electron chi connectivity index (χ3n) is 10.5. The summed E-state index contributed by atoms with van der Waals surface area (Å²) < 4.78 is 60.6. The average molecular weight is 635 g/mol. The van der Waals surface area contributed by atoms with E-state index < -0.39 is 17.4 Å². The van der Waals surface area contributed by atoms with E-state index in [0.717, 1.165) is 35.2 Å². The number of ether oxygens (including phenoxy) is 1. The highest BCUT2D eigenvalue weighted by Crippen LogP contribution is 2.62. The van der Waals surface area contributed by atoms with Gasteiger partial charge in [0.05, 0.1) is 30.0 Å². The Kier molecular flexibility index (Phi) is 9.10. The largest absolute Gasteiger partial charge is 0.500 e. The van der Waals surface area contributed by atoms with E-state index in [-0.39, 0.29) is 48.4 Å². The number of alkyl halides is 3. The summed E-state index contributed by atoms with van der Waals surface area (Å²) in [4.78, 5) is 22.1. The molecule has 0 radical (unpaired) electrons. The van der Waals surface area contributed by atoms with Gasteiger partial charge in [-0.1, -0.05) is 38.0 Å². The molecule has 4 nitrogen and oxygen atoms in total. The van der Waals surface area contributed by atoms with Crippen LogP contribution in [0.25, 0.3) is 22.3 Å². The van der Waals surface area contributed by atoms with Crippen LogP contribution in [0.1, 0.15) is 80.9 Å². The van der Waals surface area contributed by atoms with Crippen molar-refractivity contribution in [2.75, 3.05) is 7.11 Å². The molecule has 0 saturated heterocycles. The summed E-state index contributed by atoms with van der Waals surface area (Å²) in [6.45, 7) is 5.85. The Balaban J connectivity index is 1.07. The van der Waals surface area contributed by atoms with Gasteiger partial charge in [-0.05, 0) is 116 Å². The van der Waals surface area contributed by atoms with Crippen molar-refractivity contribution < 1.29 is 27.1 Å². The Morgan fingerprint density at radius 1 is 1.07 bits per heavy atom. The number of rotatable bonds is 12. The SMILES string of the molecule is C=C(/C=C(\OC)C1(C(F)(F)F)CC1)CC(=O)Cc1ccc(-c2cnc3cc(CCCC4CC5CCC(C4)C5)c(C)cc3n2)cc1F. The molecule has 0 aliphatic heterocycles. The number of carbonyl (C=O) groups excluding carboxylic acids is 1. The molecule has 46 heavy (non-hydrogen) atoms. The van der Waals surface area contributed by atoms with Gasteiger partial charge in [-0.2, -0.15) is 13.2 Å². The first kappa shape index (κ1) is 32.4. The Labute approximate surface area is 268 Å². The van der Waals surface area contributed by atoms with Crippen LogP contribution < -0.4 is 0 Å². The first-order valence-electron chi connectivity index (χ1n) is 16.5. The van der Waals surface area contributed by atoms with E-state index in [1.165, 1.54) is 75.3 Å². The van der Waals surface area contributed by atoms with Crippen LogP contribution in [0.5, 0.6) is 0 Å². The van der Waals surface area contributed by atoms with Crippen LogP contribution in [0.15, 0.2) is 60.5 Å². The van der Waals surface area contributed by atoms with Crippen molar-refractivity contribution in [2.45, 2.75) is 90.1 Å². The Bertz CT molecular complexity index is 1660. The maximum absolute atomic E-state index is 15.1. The van der Waals surface area contributed by atoms with Crippen molar-refractivity contribution in [1.82, 2.24) is 9.97 Å². The smallest absolute Gasteiger partial charge is 0.401 e. The molecule has 0 amide bonds. The summed E-state index contributed by atoms with van der Waals surface area (Å²) in [5, 5.41) is 0. The summed E-state index contributed by atoms with van der Waals surface area (Å²) in [6.07, 6.45) is 8.56. The normalized spacial score (nSPS) is 22.2. The predicted octanol–water partition coefficient (Wildman–Crippen LogP) is 9.82. The zero-order valence-electron chi connectivity index (χ0n) is 26.7. The van der Waals surface area contributed by atoms with E-state index in [0.29, 0.717) is 11.3 Å². The number of aryl methyl sites for hydroxylation is 2. The van der Waals surface area contributed by atoms with E-state index >= 15 is 4.39 Å². The van der Waals surface area contributed by atoms with E-state index in [1.807, 2.05) is 0 Å². The second kappa shape index (κ2) is 12.9. The quantitative estimate of drug-likeness (QED) is 0.113. The van der Waals surface area contributed by atoms with Gasteiger partial charge >= 0.3 is 6.18 Å². The van der Waals surface area contributed by atoms with Gasteiger partial charge in [-0.15, -0.1) is 0 Å². The molecule has 1 heterocycles. The molecular weight excluding hydrogens is 592 g/mol. The Hall–Kier alpha value is -3.55. The molecular formula is C38H42F4N2O2. The molecule has 0 spiro atoms. The number of aromatic nitrogens is 2. The lowest BCUT2D eigenvalue weighted by Crippen LogP contribution is -2.27. The number of hydrogen-bond acceptors (Lipinski definition) is 4. The van der Waals surface area contributed by atoms with E-state index in [4.69, 9.17) is 9.72 Å². The standard InChI is InChI=1S/C38H42F4N2O2/c1-23(14-36(46-3)37(11-12-37)38(40,41)42)13-31(45)19-29-9-10-30(20-32(29)39)35-22-43-33-21-28(24(2)15-34(33)44-35)6-4-5-25-16-26-7-8-27(17-25)18-26/h9-10,14-15,20-22,25-27H,1,4-8,11-13,16-19H2,2-3H3/b36-14-.